The molecule has 9 nitrogen and oxygen atoms in total. The van der Waals surface area contributed by atoms with Crippen molar-refractivity contribution >= 4 is 57.5 Å². The van der Waals surface area contributed by atoms with E-state index in [1.54, 1.807) is 18.1 Å². The van der Waals surface area contributed by atoms with Gasteiger partial charge in [0, 0.05) is 49.6 Å². The second kappa shape index (κ2) is 11.1. The van der Waals surface area contributed by atoms with Gasteiger partial charge in [-0.1, -0.05) is 29.8 Å². The molecule has 3 aliphatic rings. The molecule has 1 saturated heterocycles. The molecule has 5 rings (SSSR count). The van der Waals surface area contributed by atoms with Crippen LogP contribution in [0.1, 0.15) is 58.6 Å². The molecule has 212 valence electrons. The number of halogens is 1. The van der Waals surface area contributed by atoms with Gasteiger partial charge in [0.1, 0.15) is 22.2 Å². The molecule has 3 heterocycles. The number of thioether (sulfide) groups is 1. The van der Waals surface area contributed by atoms with Crippen molar-refractivity contribution in [3.05, 3.63) is 39.7 Å². The number of aliphatic imine (C=N–C) groups is 1. The fourth-order valence-corrected chi connectivity index (χ4v) is 8.24. The highest BCUT2D eigenvalue weighted by atomic mass is 35.5. The fraction of sp³-hybridized carbons (Fsp3) is 0.536. The summed E-state index contributed by atoms with van der Waals surface area (Å²) in [6.07, 6.45) is 6.99. The van der Waals surface area contributed by atoms with Gasteiger partial charge in [-0.15, -0.1) is 4.72 Å². The van der Waals surface area contributed by atoms with Crippen molar-refractivity contribution in [2.45, 2.75) is 68.6 Å². The van der Waals surface area contributed by atoms with Gasteiger partial charge in [-0.2, -0.15) is 10.4 Å². The first-order valence-corrected chi connectivity index (χ1v) is 15.8. The summed E-state index contributed by atoms with van der Waals surface area (Å²) in [7, 11) is 3.55. The van der Waals surface area contributed by atoms with E-state index in [9.17, 15) is 14.6 Å². The molecule has 1 aliphatic carbocycles. The number of nitrogens with one attached hydrogen (secondary N) is 1. The molecule has 2 aromatic rings. The number of piperidine rings is 1. The van der Waals surface area contributed by atoms with Crippen molar-refractivity contribution < 1.29 is 9.35 Å². The Labute approximate surface area is 247 Å². The second-order valence-electron chi connectivity index (χ2n) is 11.7. The zero-order valence-corrected chi connectivity index (χ0v) is 25.8. The number of carbonyl (C=O) groups excluding carboxylic acids is 1. The number of benzene rings is 1. The molecule has 1 aromatic heterocycles. The Balaban J connectivity index is 1.34. The molecule has 12 heteroatoms. The lowest BCUT2D eigenvalue weighted by atomic mass is 9.74. The first-order chi connectivity index (χ1) is 19.0. The molecule has 0 unspecified atom stereocenters. The minimum atomic E-state index is -1.09. The minimum absolute atomic E-state index is 0.134. The van der Waals surface area contributed by atoms with E-state index in [1.165, 1.54) is 16.4 Å². The van der Waals surface area contributed by atoms with Crippen LogP contribution in [0.15, 0.2) is 38.8 Å². The number of fused-ring (bicyclic) bond motifs is 1. The Hall–Kier alpha value is -2.45. The number of aromatic nitrogens is 2. The maximum atomic E-state index is 12.8. The molecular formula is C28H34ClN7O2S2. The van der Waals surface area contributed by atoms with Crippen LogP contribution in [0.3, 0.4) is 0 Å². The molecule has 2 fully saturated rings. The van der Waals surface area contributed by atoms with Gasteiger partial charge in [0.15, 0.2) is 5.94 Å². The highest BCUT2D eigenvalue weighted by Crippen LogP contribution is 2.48. The molecule has 0 bridgehead atoms. The Morgan fingerprint density at radius 1 is 1.25 bits per heavy atom. The molecular weight excluding hydrogens is 566 g/mol. The number of likely N-dealkylation sites (tertiary alicyclic amines) is 1. The summed E-state index contributed by atoms with van der Waals surface area (Å²) >= 11 is 6.95. The summed E-state index contributed by atoms with van der Waals surface area (Å²) in [5, 5.41) is 14.9. The summed E-state index contributed by atoms with van der Waals surface area (Å²) in [5.41, 5.74) is 1.55. The highest BCUT2D eigenvalue weighted by molar-refractivity contribution is 8.03. The fourth-order valence-electron chi connectivity index (χ4n) is 5.95. The Morgan fingerprint density at radius 3 is 2.62 bits per heavy atom. The van der Waals surface area contributed by atoms with E-state index in [1.807, 2.05) is 40.0 Å². The van der Waals surface area contributed by atoms with Crippen molar-refractivity contribution in [1.82, 2.24) is 24.3 Å². The molecule has 2 aliphatic heterocycles. The topological polar surface area (TPSA) is 113 Å². The summed E-state index contributed by atoms with van der Waals surface area (Å²) in [6, 6.07) is 6.08. The third kappa shape index (κ3) is 5.18. The van der Waals surface area contributed by atoms with Crippen LogP contribution < -0.4 is 4.72 Å². The quantitative estimate of drug-likeness (QED) is 0.396. The zero-order valence-electron chi connectivity index (χ0n) is 23.5. The predicted molar refractivity (Wildman–Crippen MR) is 161 cm³/mol. The van der Waals surface area contributed by atoms with Gasteiger partial charge in [-0.3, -0.25) is 4.68 Å². The van der Waals surface area contributed by atoms with Crippen molar-refractivity contribution in [2.75, 3.05) is 20.1 Å². The van der Waals surface area contributed by atoms with Crippen molar-refractivity contribution in [2.24, 2.45) is 17.5 Å². The van der Waals surface area contributed by atoms with E-state index in [0.29, 0.717) is 37.1 Å². The van der Waals surface area contributed by atoms with Crippen molar-refractivity contribution in [1.29, 1.82) is 5.26 Å². The Morgan fingerprint density at radius 2 is 1.98 bits per heavy atom. The summed E-state index contributed by atoms with van der Waals surface area (Å²) in [4.78, 5) is 22.3. The molecule has 1 N–H and O–H groups in total. The lowest BCUT2D eigenvalue weighted by Crippen LogP contribution is -2.55. The van der Waals surface area contributed by atoms with Crippen LogP contribution in [-0.4, -0.2) is 67.0 Å². The molecule has 1 spiro atoms. The Bertz CT molecular complexity index is 1470. The summed E-state index contributed by atoms with van der Waals surface area (Å²) in [5.74, 6) is 2.83. The highest BCUT2D eigenvalue weighted by Gasteiger charge is 2.48. The van der Waals surface area contributed by atoms with Crippen LogP contribution in [0, 0.1) is 16.7 Å². The van der Waals surface area contributed by atoms with E-state index < -0.39 is 11.4 Å². The van der Waals surface area contributed by atoms with Gasteiger partial charge in [0.2, 0.25) is 5.96 Å². The predicted octanol–water partition coefficient (Wildman–Crippen LogP) is 4.74. The van der Waals surface area contributed by atoms with Gasteiger partial charge in [-0.05, 0) is 64.0 Å². The van der Waals surface area contributed by atoms with Gasteiger partial charge < -0.3 is 14.4 Å². The van der Waals surface area contributed by atoms with Crippen molar-refractivity contribution in [3.8, 4) is 6.07 Å². The monoisotopic (exact) mass is 599 g/mol. The van der Waals surface area contributed by atoms with Crippen LogP contribution in [0.25, 0.3) is 10.9 Å². The largest absolute Gasteiger partial charge is 0.598 e. The zero-order chi connectivity index (χ0) is 28.8. The van der Waals surface area contributed by atoms with Gasteiger partial charge in [0.05, 0.1) is 26.9 Å². The third-order valence-corrected chi connectivity index (χ3v) is 11.4. The summed E-state index contributed by atoms with van der Waals surface area (Å²) < 4.78 is 17.5. The van der Waals surface area contributed by atoms with E-state index >= 15 is 0 Å². The standard InChI is InChI=1S/C28H34ClN7O2S2/c1-27(2,3)40(38)33-23-7-6-10-28(23)11-13-36(14-12-28)26-31-16-22(20(17-37)34(26)4)39-21-9-8-18-24(25(21)29)19(15-30)35(5)32-18/h8-9,16,23,33H,6-7,10-14H2,1-5H3/t23-,40-/m1/s1. The number of hydrogen-bond acceptors (Lipinski definition) is 9. The number of likely N-dealkylation sites (N-methyl/N-ethyl adjacent to an activating group) is 1. The average Bonchev–Trinajstić information content (AvgIpc) is 3.45. The molecule has 1 saturated carbocycles. The van der Waals surface area contributed by atoms with E-state index in [-0.39, 0.29) is 16.2 Å². The number of nitrogens with zero attached hydrogens (tertiary/aromatic N) is 6. The SMILES string of the molecule is CN1C(=C=O)C(Sc2ccc3nn(C)c(C#N)c3c2Cl)=CN=C1N1CCC2(CCC[C@H]2N[S@+]([O-])C(C)(C)C)CC1. The number of aryl methyl sites for hydroxylation is 1. The van der Waals surface area contributed by atoms with E-state index in [4.69, 9.17) is 16.6 Å². The minimum Gasteiger partial charge on any atom is -0.598 e. The van der Waals surface area contributed by atoms with Crippen molar-refractivity contribution in [3.63, 3.8) is 0 Å². The molecule has 0 radical (unpaired) electrons. The maximum Gasteiger partial charge on any atom is 0.206 e. The van der Waals surface area contributed by atoms with E-state index in [2.05, 4.69) is 26.7 Å². The lowest BCUT2D eigenvalue weighted by Gasteiger charge is -2.45. The normalized spacial score (nSPS) is 21.9. The molecule has 1 aromatic carbocycles. The molecule has 2 atom stereocenters. The number of rotatable bonds is 4. The molecule has 0 amide bonds. The second-order valence-corrected chi connectivity index (χ2v) is 15.1. The average molecular weight is 600 g/mol. The first-order valence-electron chi connectivity index (χ1n) is 13.4. The Kier molecular flexibility index (Phi) is 8.05. The van der Waals surface area contributed by atoms with Crippen LogP contribution in [0.4, 0.5) is 0 Å². The van der Waals surface area contributed by atoms with Crippen LogP contribution in [0.2, 0.25) is 5.02 Å². The number of guanidine groups is 1. The third-order valence-electron chi connectivity index (χ3n) is 8.25. The first kappa shape index (κ1) is 29.1. The summed E-state index contributed by atoms with van der Waals surface area (Å²) in [6.45, 7) is 7.64. The molecule has 40 heavy (non-hydrogen) atoms. The van der Waals surface area contributed by atoms with Crippen LogP contribution in [-0.2, 0) is 23.2 Å². The van der Waals surface area contributed by atoms with Gasteiger partial charge in [-0.25, -0.2) is 9.79 Å². The maximum absolute atomic E-state index is 12.8. The lowest BCUT2D eigenvalue weighted by molar-refractivity contribution is 0.122. The number of hydrogen-bond donors (Lipinski definition) is 1. The number of nitriles is 1. The van der Waals surface area contributed by atoms with E-state index in [0.717, 1.165) is 51.2 Å². The van der Waals surface area contributed by atoms with Gasteiger partial charge in [0.25, 0.3) is 0 Å². The van der Waals surface area contributed by atoms with Crippen LogP contribution in [0.5, 0.6) is 0 Å². The smallest absolute Gasteiger partial charge is 0.206 e. The van der Waals surface area contributed by atoms with Crippen LogP contribution >= 0.6 is 23.4 Å². The van der Waals surface area contributed by atoms with Gasteiger partial charge >= 0.3 is 0 Å².